The molecule has 1 saturated heterocycles. The molecule has 20 heavy (non-hydrogen) atoms. The molecular formula is C15H19BrN2O2. The van der Waals surface area contributed by atoms with Crippen LogP contribution in [0.1, 0.15) is 26.2 Å². The van der Waals surface area contributed by atoms with E-state index in [1.807, 2.05) is 24.3 Å². The molecular weight excluding hydrogens is 320 g/mol. The van der Waals surface area contributed by atoms with Crippen LogP contribution in [-0.4, -0.2) is 24.9 Å². The molecule has 0 aliphatic carbocycles. The lowest BCUT2D eigenvalue weighted by molar-refractivity contribution is -0.126. The summed E-state index contributed by atoms with van der Waals surface area (Å²) in [5, 5.41) is 2.90. The number of anilines is 1. The Kier molecular flexibility index (Phi) is 5.17. The summed E-state index contributed by atoms with van der Waals surface area (Å²) in [4.78, 5) is 25.8. The van der Waals surface area contributed by atoms with Crippen molar-refractivity contribution in [3.63, 3.8) is 0 Å². The Bertz CT molecular complexity index is 504. The molecule has 1 aliphatic rings. The van der Waals surface area contributed by atoms with E-state index in [1.54, 1.807) is 4.90 Å². The fourth-order valence-corrected chi connectivity index (χ4v) is 2.82. The molecule has 1 heterocycles. The maximum absolute atomic E-state index is 12.1. The zero-order chi connectivity index (χ0) is 14.5. The number of nitrogens with one attached hydrogen (secondary N) is 1. The molecule has 0 bridgehead atoms. The van der Waals surface area contributed by atoms with E-state index in [1.165, 1.54) is 0 Å². The third kappa shape index (κ3) is 3.39. The van der Waals surface area contributed by atoms with E-state index < -0.39 is 0 Å². The van der Waals surface area contributed by atoms with E-state index in [4.69, 9.17) is 0 Å². The van der Waals surface area contributed by atoms with Crippen molar-refractivity contribution >= 4 is 33.4 Å². The highest BCUT2D eigenvalue weighted by molar-refractivity contribution is 9.10. The van der Waals surface area contributed by atoms with Crippen molar-refractivity contribution in [1.29, 1.82) is 0 Å². The third-order valence-electron chi connectivity index (χ3n) is 3.47. The standard InChI is InChI=1S/C15H19BrN2O2/c1-2-3-8-17-15(20)11-9-14(19)18(10-11)13-7-5-4-6-12(13)16/h4-7,11H,2-3,8-10H2,1H3,(H,17,20). The summed E-state index contributed by atoms with van der Waals surface area (Å²) >= 11 is 3.45. The van der Waals surface area contributed by atoms with Gasteiger partial charge < -0.3 is 10.2 Å². The third-order valence-corrected chi connectivity index (χ3v) is 4.14. The van der Waals surface area contributed by atoms with E-state index >= 15 is 0 Å². The van der Waals surface area contributed by atoms with E-state index in [-0.39, 0.29) is 17.7 Å². The largest absolute Gasteiger partial charge is 0.356 e. The zero-order valence-electron chi connectivity index (χ0n) is 11.6. The molecule has 2 amide bonds. The summed E-state index contributed by atoms with van der Waals surface area (Å²) < 4.78 is 0.875. The highest BCUT2D eigenvalue weighted by Gasteiger charge is 2.35. The van der Waals surface area contributed by atoms with Crippen molar-refractivity contribution in [2.45, 2.75) is 26.2 Å². The van der Waals surface area contributed by atoms with Crippen LogP contribution in [0.25, 0.3) is 0 Å². The van der Waals surface area contributed by atoms with Gasteiger partial charge in [0.15, 0.2) is 0 Å². The van der Waals surface area contributed by atoms with Gasteiger partial charge in [0.2, 0.25) is 11.8 Å². The number of rotatable bonds is 5. The van der Waals surface area contributed by atoms with E-state index in [2.05, 4.69) is 28.2 Å². The zero-order valence-corrected chi connectivity index (χ0v) is 13.1. The van der Waals surface area contributed by atoms with Crippen LogP contribution in [0.15, 0.2) is 28.7 Å². The van der Waals surface area contributed by atoms with E-state index in [9.17, 15) is 9.59 Å². The van der Waals surface area contributed by atoms with Crippen molar-refractivity contribution in [1.82, 2.24) is 5.32 Å². The van der Waals surface area contributed by atoms with Crippen LogP contribution in [0.3, 0.4) is 0 Å². The quantitative estimate of drug-likeness (QED) is 0.839. The summed E-state index contributed by atoms with van der Waals surface area (Å²) in [5.41, 5.74) is 0.835. The average molecular weight is 339 g/mol. The topological polar surface area (TPSA) is 49.4 Å². The number of carbonyl (C=O) groups excluding carboxylic acids is 2. The smallest absolute Gasteiger partial charge is 0.227 e. The first-order valence-corrected chi connectivity index (χ1v) is 7.75. The first-order valence-electron chi connectivity index (χ1n) is 6.96. The lowest BCUT2D eigenvalue weighted by Crippen LogP contribution is -2.33. The lowest BCUT2D eigenvalue weighted by Gasteiger charge is -2.18. The highest BCUT2D eigenvalue weighted by atomic mass is 79.9. The molecule has 108 valence electrons. The number of para-hydroxylation sites is 1. The van der Waals surface area contributed by atoms with Gasteiger partial charge in [-0.1, -0.05) is 25.5 Å². The number of halogens is 1. The molecule has 5 heteroatoms. The summed E-state index contributed by atoms with van der Waals surface area (Å²) in [6.07, 6.45) is 2.31. The van der Waals surface area contributed by atoms with E-state index in [0.29, 0.717) is 19.5 Å². The van der Waals surface area contributed by atoms with Crippen LogP contribution in [0, 0.1) is 5.92 Å². The van der Waals surface area contributed by atoms with Gasteiger partial charge in [-0.2, -0.15) is 0 Å². The number of nitrogens with zero attached hydrogens (tertiary/aromatic N) is 1. The molecule has 1 fully saturated rings. The Balaban J connectivity index is 2.00. The van der Waals surface area contributed by atoms with Crippen LogP contribution in [0.5, 0.6) is 0 Å². The maximum Gasteiger partial charge on any atom is 0.227 e. The van der Waals surface area contributed by atoms with Crippen molar-refractivity contribution in [2.75, 3.05) is 18.0 Å². The van der Waals surface area contributed by atoms with Gasteiger partial charge in [0.1, 0.15) is 0 Å². The molecule has 0 spiro atoms. The van der Waals surface area contributed by atoms with Gasteiger partial charge in [0, 0.05) is 24.0 Å². The minimum Gasteiger partial charge on any atom is -0.356 e. The first-order chi connectivity index (χ1) is 9.63. The second kappa shape index (κ2) is 6.88. The Morgan fingerprint density at radius 2 is 2.20 bits per heavy atom. The predicted octanol–water partition coefficient (Wildman–Crippen LogP) is 2.72. The van der Waals surface area contributed by atoms with Crippen molar-refractivity contribution in [3.8, 4) is 0 Å². The van der Waals surface area contributed by atoms with Crippen LogP contribution in [0.2, 0.25) is 0 Å². The first kappa shape index (κ1) is 15.0. The monoisotopic (exact) mass is 338 g/mol. The summed E-state index contributed by atoms with van der Waals surface area (Å²) in [7, 11) is 0. The molecule has 0 aromatic heterocycles. The number of benzene rings is 1. The normalized spacial score (nSPS) is 18.4. The molecule has 1 N–H and O–H groups in total. The molecule has 0 radical (unpaired) electrons. The summed E-state index contributed by atoms with van der Waals surface area (Å²) in [5.74, 6) is -0.250. The molecule has 4 nitrogen and oxygen atoms in total. The summed E-state index contributed by atoms with van der Waals surface area (Å²) in [6, 6.07) is 7.59. The van der Waals surface area contributed by atoms with Crippen LogP contribution < -0.4 is 10.2 Å². The highest BCUT2D eigenvalue weighted by Crippen LogP contribution is 2.31. The molecule has 2 rings (SSSR count). The fourth-order valence-electron chi connectivity index (χ4n) is 2.32. The van der Waals surface area contributed by atoms with Gasteiger partial charge in [0.25, 0.3) is 0 Å². The van der Waals surface area contributed by atoms with Crippen LogP contribution in [-0.2, 0) is 9.59 Å². The predicted molar refractivity (Wildman–Crippen MR) is 82.5 cm³/mol. The molecule has 0 saturated carbocycles. The molecule has 1 aromatic rings. The van der Waals surface area contributed by atoms with Crippen LogP contribution in [0.4, 0.5) is 5.69 Å². The number of carbonyl (C=O) groups is 2. The van der Waals surface area contributed by atoms with Crippen molar-refractivity contribution in [2.24, 2.45) is 5.92 Å². The Hall–Kier alpha value is -1.36. The number of unbranched alkanes of at least 4 members (excludes halogenated alkanes) is 1. The Labute approximate surface area is 127 Å². The Morgan fingerprint density at radius 1 is 1.45 bits per heavy atom. The number of hydrogen-bond donors (Lipinski definition) is 1. The SMILES string of the molecule is CCCCNC(=O)C1CC(=O)N(c2ccccc2Br)C1. The Morgan fingerprint density at radius 3 is 2.90 bits per heavy atom. The second-order valence-corrected chi connectivity index (χ2v) is 5.86. The van der Waals surface area contributed by atoms with Gasteiger partial charge in [-0.05, 0) is 34.5 Å². The molecule has 1 aromatic carbocycles. The van der Waals surface area contributed by atoms with Gasteiger partial charge in [-0.3, -0.25) is 9.59 Å². The van der Waals surface area contributed by atoms with Gasteiger partial charge in [-0.15, -0.1) is 0 Å². The van der Waals surface area contributed by atoms with Gasteiger partial charge >= 0.3 is 0 Å². The average Bonchev–Trinajstić information content (AvgIpc) is 2.81. The van der Waals surface area contributed by atoms with Crippen LogP contribution >= 0.6 is 15.9 Å². The summed E-state index contributed by atoms with van der Waals surface area (Å²) in [6.45, 7) is 3.23. The minimum absolute atomic E-state index is 0.00698. The van der Waals surface area contributed by atoms with Gasteiger partial charge in [0.05, 0.1) is 11.6 Å². The van der Waals surface area contributed by atoms with Crippen molar-refractivity contribution < 1.29 is 9.59 Å². The van der Waals surface area contributed by atoms with E-state index in [0.717, 1.165) is 23.0 Å². The fraction of sp³-hybridized carbons (Fsp3) is 0.467. The lowest BCUT2D eigenvalue weighted by atomic mass is 10.1. The minimum atomic E-state index is -0.244. The molecule has 1 unspecified atom stereocenters. The van der Waals surface area contributed by atoms with Gasteiger partial charge in [-0.25, -0.2) is 0 Å². The van der Waals surface area contributed by atoms with Crippen molar-refractivity contribution in [3.05, 3.63) is 28.7 Å². The molecule has 1 aliphatic heterocycles. The number of hydrogen-bond acceptors (Lipinski definition) is 2. The molecule has 1 atom stereocenters. The number of amides is 2. The second-order valence-electron chi connectivity index (χ2n) is 5.00. The maximum atomic E-state index is 12.1.